The zero-order chi connectivity index (χ0) is 13.6. The molecule has 0 saturated heterocycles. The highest BCUT2D eigenvalue weighted by atomic mass is 16.6. The van der Waals surface area contributed by atoms with E-state index in [4.69, 9.17) is 4.74 Å². The third-order valence-electron chi connectivity index (χ3n) is 3.41. The van der Waals surface area contributed by atoms with Gasteiger partial charge in [0.2, 0.25) is 0 Å². The van der Waals surface area contributed by atoms with Crippen molar-refractivity contribution in [1.82, 2.24) is 10.6 Å². The van der Waals surface area contributed by atoms with Crippen molar-refractivity contribution in [3.8, 4) is 0 Å². The summed E-state index contributed by atoms with van der Waals surface area (Å²) < 4.78 is 5.37. The SMILES string of the molecule is CNCCCC1(NC(=O)OC(C)(C)C)CCCC1. The van der Waals surface area contributed by atoms with Gasteiger partial charge in [-0.05, 0) is 60.0 Å². The van der Waals surface area contributed by atoms with Crippen molar-refractivity contribution in [2.75, 3.05) is 13.6 Å². The molecule has 0 unspecified atom stereocenters. The van der Waals surface area contributed by atoms with Crippen molar-refractivity contribution in [3.05, 3.63) is 0 Å². The molecule has 1 amide bonds. The molecule has 0 bridgehead atoms. The van der Waals surface area contributed by atoms with Gasteiger partial charge in [0.1, 0.15) is 5.60 Å². The molecule has 1 saturated carbocycles. The third-order valence-corrected chi connectivity index (χ3v) is 3.41. The van der Waals surface area contributed by atoms with Crippen LogP contribution in [0.2, 0.25) is 0 Å². The number of ether oxygens (including phenoxy) is 1. The standard InChI is InChI=1S/C14H28N2O2/c1-13(2,3)18-12(17)16-14(8-5-6-9-14)10-7-11-15-4/h15H,5-11H2,1-4H3,(H,16,17). The summed E-state index contributed by atoms with van der Waals surface area (Å²) in [6.07, 6.45) is 6.42. The van der Waals surface area contributed by atoms with Gasteiger partial charge in [0.15, 0.2) is 0 Å². The fraction of sp³-hybridized carbons (Fsp3) is 0.929. The second kappa shape index (κ2) is 6.41. The molecule has 1 aliphatic carbocycles. The number of nitrogens with one attached hydrogen (secondary N) is 2. The third kappa shape index (κ3) is 5.25. The molecule has 0 radical (unpaired) electrons. The maximum absolute atomic E-state index is 11.9. The largest absolute Gasteiger partial charge is 0.444 e. The maximum atomic E-state index is 11.9. The number of hydrogen-bond donors (Lipinski definition) is 2. The number of hydrogen-bond acceptors (Lipinski definition) is 3. The summed E-state index contributed by atoms with van der Waals surface area (Å²) in [5.74, 6) is 0. The topological polar surface area (TPSA) is 50.4 Å². The second-order valence-electron chi connectivity index (χ2n) is 6.32. The Morgan fingerprint density at radius 1 is 1.28 bits per heavy atom. The molecule has 106 valence electrons. The molecule has 0 aromatic carbocycles. The van der Waals surface area contributed by atoms with Crippen molar-refractivity contribution < 1.29 is 9.53 Å². The Morgan fingerprint density at radius 3 is 2.39 bits per heavy atom. The van der Waals surface area contributed by atoms with Crippen LogP contribution in [0.25, 0.3) is 0 Å². The van der Waals surface area contributed by atoms with E-state index in [0.717, 1.165) is 32.2 Å². The summed E-state index contributed by atoms with van der Waals surface area (Å²) in [5.41, 5.74) is -0.450. The molecular weight excluding hydrogens is 228 g/mol. The van der Waals surface area contributed by atoms with Crippen LogP contribution < -0.4 is 10.6 Å². The average molecular weight is 256 g/mol. The van der Waals surface area contributed by atoms with E-state index < -0.39 is 5.60 Å². The fourth-order valence-electron chi connectivity index (χ4n) is 2.61. The summed E-state index contributed by atoms with van der Waals surface area (Å²) in [5, 5.41) is 6.28. The van der Waals surface area contributed by atoms with E-state index in [9.17, 15) is 4.79 Å². The van der Waals surface area contributed by atoms with Gasteiger partial charge in [-0.25, -0.2) is 4.79 Å². The molecule has 1 rings (SSSR count). The fourth-order valence-corrected chi connectivity index (χ4v) is 2.61. The smallest absolute Gasteiger partial charge is 0.408 e. The summed E-state index contributed by atoms with van der Waals surface area (Å²) in [6, 6.07) is 0. The van der Waals surface area contributed by atoms with Crippen LogP contribution in [0.3, 0.4) is 0 Å². The van der Waals surface area contributed by atoms with Gasteiger partial charge in [-0.1, -0.05) is 12.8 Å². The van der Waals surface area contributed by atoms with E-state index in [0.29, 0.717) is 0 Å². The molecule has 1 aliphatic rings. The van der Waals surface area contributed by atoms with Gasteiger partial charge in [-0.15, -0.1) is 0 Å². The predicted octanol–water partition coefficient (Wildman–Crippen LogP) is 2.82. The second-order valence-corrected chi connectivity index (χ2v) is 6.32. The van der Waals surface area contributed by atoms with E-state index in [1.54, 1.807) is 0 Å². The van der Waals surface area contributed by atoms with Crippen LogP contribution in [0.15, 0.2) is 0 Å². The molecule has 1 fully saturated rings. The zero-order valence-electron chi connectivity index (χ0n) is 12.3. The monoisotopic (exact) mass is 256 g/mol. The highest BCUT2D eigenvalue weighted by Crippen LogP contribution is 2.33. The van der Waals surface area contributed by atoms with Crippen LogP contribution in [0, 0.1) is 0 Å². The Balaban J connectivity index is 2.49. The minimum Gasteiger partial charge on any atom is -0.444 e. The van der Waals surface area contributed by atoms with Gasteiger partial charge < -0.3 is 15.4 Å². The molecule has 4 heteroatoms. The van der Waals surface area contributed by atoms with Gasteiger partial charge >= 0.3 is 6.09 Å². The van der Waals surface area contributed by atoms with E-state index in [-0.39, 0.29) is 11.6 Å². The lowest BCUT2D eigenvalue weighted by Gasteiger charge is -2.32. The Kier molecular flexibility index (Phi) is 5.45. The highest BCUT2D eigenvalue weighted by molar-refractivity contribution is 5.68. The lowest BCUT2D eigenvalue weighted by molar-refractivity contribution is 0.0449. The first-order chi connectivity index (χ1) is 8.37. The van der Waals surface area contributed by atoms with Crippen molar-refractivity contribution in [2.45, 2.75) is 70.4 Å². The zero-order valence-corrected chi connectivity index (χ0v) is 12.3. The van der Waals surface area contributed by atoms with Gasteiger partial charge in [0, 0.05) is 5.54 Å². The summed E-state index contributed by atoms with van der Waals surface area (Å²) >= 11 is 0. The number of alkyl carbamates (subject to hydrolysis) is 1. The summed E-state index contributed by atoms with van der Waals surface area (Å²) in [6.45, 7) is 6.69. The molecule has 0 aromatic rings. The molecular formula is C14H28N2O2. The van der Waals surface area contributed by atoms with Crippen LogP contribution in [0.4, 0.5) is 4.79 Å². The van der Waals surface area contributed by atoms with Crippen molar-refractivity contribution in [3.63, 3.8) is 0 Å². The minimum atomic E-state index is -0.422. The lowest BCUT2D eigenvalue weighted by Crippen LogP contribution is -2.48. The van der Waals surface area contributed by atoms with Gasteiger partial charge in [-0.2, -0.15) is 0 Å². The van der Waals surface area contributed by atoms with Crippen LogP contribution in [0.1, 0.15) is 59.3 Å². The molecule has 0 spiro atoms. The highest BCUT2D eigenvalue weighted by Gasteiger charge is 2.35. The van der Waals surface area contributed by atoms with Gasteiger partial charge in [0.05, 0.1) is 0 Å². The average Bonchev–Trinajstić information content (AvgIpc) is 2.64. The van der Waals surface area contributed by atoms with E-state index in [2.05, 4.69) is 10.6 Å². The Morgan fingerprint density at radius 2 is 1.89 bits per heavy atom. The van der Waals surface area contributed by atoms with E-state index >= 15 is 0 Å². The van der Waals surface area contributed by atoms with Crippen LogP contribution in [-0.2, 0) is 4.74 Å². The summed E-state index contributed by atoms with van der Waals surface area (Å²) in [4.78, 5) is 11.9. The van der Waals surface area contributed by atoms with Crippen LogP contribution in [0.5, 0.6) is 0 Å². The number of amides is 1. The van der Waals surface area contributed by atoms with Crippen molar-refractivity contribution in [1.29, 1.82) is 0 Å². The van der Waals surface area contributed by atoms with Crippen molar-refractivity contribution in [2.24, 2.45) is 0 Å². The molecule has 0 aliphatic heterocycles. The first-order valence-corrected chi connectivity index (χ1v) is 7.03. The minimum absolute atomic E-state index is 0.0286. The molecule has 2 N–H and O–H groups in total. The maximum Gasteiger partial charge on any atom is 0.408 e. The molecule has 4 nitrogen and oxygen atoms in total. The first kappa shape index (κ1) is 15.3. The summed E-state index contributed by atoms with van der Waals surface area (Å²) in [7, 11) is 1.96. The quantitative estimate of drug-likeness (QED) is 0.744. The molecule has 0 atom stereocenters. The molecule has 0 aromatic heterocycles. The van der Waals surface area contributed by atoms with Gasteiger partial charge in [0.25, 0.3) is 0 Å². The lowest BCUT2D eigenvalue weighted by atomic mass is 9.91. The molecule has 18 heavy (non-hydrogen) atoms. The van der Waals surface area contributed by atoms with Crippen molar-refractivity contribution >= 4 is 6.09 Å². The first-order valence-electron chi connectivity index (χ1n) is 7.03. The number of carbonyl (C=O) groups is 1. The Bertz CT molecular complexity index is 265. The predicted molar refractivity (Wildman–Crippen MR) is 73.7 cm³/mol. The van der Waals surface area contributed by atoms with Gasteiger partial charge in [-0.3, -0.25) is 0 Å². The Hall–Kier alpha value is -0.770. The molecule has 0 heterocycles. The van der Waals surface area contributed by atoms with Crippen LogP contribution >= 0.6 is 0 Å². The van der Waals surface area contributed by atoms with E-state index in [1.807, 2.05) is 27.8 Å². The Labute approximate surface area is 111 Å². The number of carbonyl (C=O) groups excluding carboxylic acids is 1. The van der Waals surface area contributed by atoms with Crippen LogP contribution in [-0.4, -0.2) is 30.8 Å². The van der Waals surface area contributed by atoms with E-state index in [1.165, 1.54) is 12.8 Å². The number of rotatable bonds is 5. The normalized spacial score (nSPS) is 18.7.